The molecule has 2 aromatic rings. The molecule has 138 valence electrons. The van der Waals surface area contributed by atoms with Crippen molar-refractivity contribution in [1.82, 2.24) is 0 Å². The molecule has 0 unspecified atom stereocenters. The van der Waals surface area contributed by atoms with E-state index in [9.17, 15) is 14.3 Å². The maximum atomic E-state index is 15.0. The molecule has 0 aliphatic rings. The van der Waals surface area contributed by atoms with Gasteiger partial charge in [-0.15, -0.1) is 0 Å². The number of benzene rings is 2. The quantitative estimate of drug-likeness (QED) is 0.824. The number of hydrogen-bond acceptors (Lipinski definition) is 5. The largest absolute Gasteiger partial charge is 0.507 e. The van der Waals surface area contributed by atoms with Gasteiger partial charge in [0.25, 0.3) is 0 Å². The van der Waals surface area contributed by atoms with Crippen molar-refractivity contribution in [2.75, 3.05) is 6.61 Å². The maximum Gasteiger partial charge on any atom is 0.340 e. The van der Waals surface area contributed by atoms with Crippen LogP contribution in [0.1, 0.15) is 50.5 Å². The fourth-order valence-corrected chi connectivity index (χ4v) is 2.76. The SMILES string of the molecule is CCOC(=O)[C@@H](OC(C)(C)C)c1c(C)c(F)c2cc(C#N)ccc2c1O. The lowest BCUT2D eigenvalue weighted by Gasteiger charge is -2.28. The lowest BCUT2D eigenvalue weighted by atomic mass is 9.94. The predicted octanol–water partition coefficient (Wildman–Crippen LogP) is 4.28. The van der Waals surface area contributed by atoms with Crippen LogP contribution in [0.3, 0.4) is 0 Å². The molecule has 5 nitrogen and oxygen atoms in total. The summed E-state index contributed by atoms with van der Waals surface area (Å²) in [4.78, 5) is 12.4. The van der Waals surface area contributed by atoms with Gasteiger partial charge >= 0.3 is 5.97 Å². The van der Waals surface area contributed by atoms with Crippen LogP contribution in [0.15, 0.2) is 18.2 Å². The van der Waals surface area contributed by atoms with E-state index in [-0.39, 0.29) is 39.8 Å². The van der Waals surface area contributed by atoms with Crippen LogP contribution in [-0.2, 0) is 14.3 Å². The van der Waals surface area contributed by atoms with Crippen molar-refractivity contribution in [1.29, 1.82) is 5.26 Å². The second kappa shape index (κ2) is 7.30. The number of carbonyl (C=O) groups is 1. The van der Waals surface area contributed by atoms with E-state index in [4.69, 9.17) is 14.7 Å². The van der Waals surface area contributed by atoms with Crippen molar-refractivity contribution in [2.24, 2.45) is 0 Å². The molecule has 0 bridgehead atoms. The molecule has 2 aromatic carbocycles. The van der Waals surface area contributed by atoms with Crippen molar-refractivity contribution >= 4 is 16.7 Å². The summed E-state index contributed by atoms with van der Waals surface area (Å²) >= 11 is 0. The van der Waals surface area contributed by atoms with E-state index in [1.54, 1.807) is 27.7 Å². The molecule has 0 heterocycles. The number of aromatic hydroxyl groups is 1. The first-order valence-corrected chi connectivity index (χ1v) is 8.30. The Kier molecular flexibility index (Phi) is 5.53. The van der Waals surface area contributed by atoms with Gasteiger partial charge in [0.2, 0.25) is 0 Å². The summed E-state index contributed by atoms with van der Waals surface area (Å²) in [5, 5.41) is 20.1. The molecule has 0 radical (unpaired) electrons. The molecule has 0 aliphatic carbocycles. The van der Waals surface area contributed by atoms with Gasteiger partial charge < -0.3 is 14.6 Å². The van der Waals surface area contributed by atoms with E-state index in [2.05, 4.69) is 0 Å². The van der Waals surface area contributed by atoms with Crippen LogP contribution in [0.5, 0.6) is 5.75 Å². The predicted molar refractivity (Wildman–Crippen MR) is 95.2 cm³/mol. The number of fused-ring (bicyclic) bond motifs is 1. The van der Waals surface area contributed by atoms with E-state index >= 15 is 0 Å². The van der Waals surface area contributed by atoms with Crippen LogP contribution < -0.4 is 0 Å². The Morgan fingerprint density at radius 1 is 1.35 bits per heavy atom. The number of esters is 1. The minimum absolute atomic E-state index is 0.0353. The standard InChI is InChI=1S/C20H22FNO4/c1-6-25-19(24)18(26-20(3,4)5)15-11(2)16(21)14-9-12(10-22)7-8-13(14)17(15)23/h7-9,18,23H,6H2,1-5H3/t18-/m0/s1. The third-order valence-electron chi connectivity index (χ3n) is 3.86. The summed E-state index contributed by atoms with van der Waals surface area (Å²) in [6.07, 6.45) is -1.27. The van der Waals surface area contributed by atoms with E-state index in [0.717, 1.165) is 0 Å². The van der Waals surface area contributed by atoms with Crippen molar-refractivity contribution in [3.05, 3.63) is 40.7 Å². The van der Waals surface area contributed by atoms with Crippen LogP contribution in [0, 0.1) is 24.1 Å². The topological polar surface area (TPSA) is 79.5 Å². The maximum absolute atomic E-state index is 15.0. The van der Waals surface area contributed by atoms with Crippen molar-refractivity contribution < 1.29 is 23.8 Å². The summed E-state index contributed by atoms with van der Waals surface area (Å²) < 4.78 is 25.8. The van der Waals surface area contributed by atoms with Gasteiger partial charge in [0.15, 0.2) is 6.10 Å². The molecular weight excluding hydrogens is 337 g/mol. The number of nitriles is 1. The molecule has 2 rings (SSSR count). The Morgan fingerprint density at radius 3 is 2.54 bits per heavy atom. The Hall–Kier alpha value is -2.65. The van der Waals surface area contributed by atoms with Crippen LogP contribution in [0.25, 0.3) is 10.8 Å². The van der Waals surface area contributed by atoms with E-state index in [1.807, 2.05) is 6.07 Å². The van der Waals surface area contributed by atoms with Crippen LogP contribution in [-0.4, -0.2) is 23.3 Å². The van der Waals surface area contributed by atoms with Gasteiger partial charge in [-0.25, -0.2) is 9.18 Å². The minimum Gasteiger partial charge on any atom is -0.507 e. The van der Waals surface area contributed by atoms with E-state index in [0.29, 0.717) is 0 Å². The zero-order valence-corrected chi connectivity index (χ0v) is 15.5. The van der Waals surface area contributed by atoms with Crippen LogP contribution >= 0.6 is 0 Å². The number of rotatable bonds is 4. The van der Waals surface area contributed by atoms with Gasteiger partial charge in [-0.2, -0.15) is 5.26 Å². The molecule has 1 N–H and O–H groups in total. The van der Waals surface area contributed by atoms with Crippen molar-refractivity contribution in [2.45, 2.75) is 46.3 Å². The molecular formula is C20H22FNO4. The van der Waals surface area contributed by atoms with E-state index in [1.165, 1.54) is 25.1 Å². The van der Waals surface area contributed by atoms with Crippen LogP contribution in [0.4, 0.5) is 4.39 Å². The smallest absolute Gasteiger partial charge is 0.340 e. The fourth-order valence-electron chi connectivity index (χ4n) is 2.76. The van der Waals surface area contributed by atoms with Gasteiger partial charge in [0.1, 0.15) is 11.6 Å². The minimum atomic E-state index is -1.27. The van der Waals surface area contributed by atoms with Gasteiger partial charge in [-0.1, -0.05) is 0 Å². The molecule has 0 spiro atoms. The second-order valence-electron chi connectivity index (χ2n) is 6.94. The highest BCUT2D eigenvalue weighted by Crippen LogP contribution is 2.41. The Labute approximate surface area is 152 Å². The summed E-state index contributed by atoms with van der Waals surface area (Å²) in [7, 11) is 0. The third kappa shape index (κ3) is 3.78. The van der Waals surface area contributed by atoms with E-state index < -0.39 is 23.5 Å². The number of hydrogen-bond donors (Lipinski definition) is 1. The van der Waals surface area contributed by atoms with Crippen molar-refractivity contribution in [3.8, 4) is 11.8 Å². The normalized spacial score (nSPS) is 12.7. The first kappa shape index (κ1) is 19.7. The highest BCUT2D eigenvalue weighted by molar-refractivity contribution is 5.93. The summed E-state index contributed by atoms with van der Waals surface area (Å²) in [6.45, 7) is 8.50. The molecule has 0 amide bonds. The molecule has 1 atom stereocenters. The highest BCUT2D eigenvalue weighted by atomic mass is 19.1. The first-order valence-electron chi connectivity index (χ1n) is 8.30. The molecule has 6 heteroatoms. The lowest BCUT2D eigenvalue weighted by molar-refractivity contribution is -0.167. The average molecular weight is 359 g/mol. The van der Waals surface area contributed by atoms with Crippen LogP contribution in [0.2, 0.25) is 0 Å². The molecule has 26 heavy (non-hydrogen) atoms. The number of ether oxygens (including phenoxy) is 2. The third-order valence-corrected chi connectivity index (χ3v) is 3.86. The number of nitrogens with zero attached hydrogens (tertiary/aromatic N) is 1. The zero-order valence-electron chi connectivity index (χ0n) is 15.5. The molecule has 0 saturated heterocycles. The lowest BCUT2D eigenvalue weighted by Crippen LogP contribution is -2.29. The van der Waals surface area contributed by atoms with Gasteiger partial charge in [0.05, 0.1) is 23.8 Å². The van der Waals surface area contributed by atoms with Gasteiger partial charge in [-0.05, 0) is 58.4 Å². The number of phenols is 1. The Bertz CT molecular complexity index is 894. The number of carbonyl (C=O) groups excluding carboxylic acids is 1. The monoisotopic (exact) mass is 359 g/mol. The molecule has 0 aliphatic heterocycles. The fraction of sp³-hybridized carbons (Fsp3) is 0.400. The Morgan fingerprint density at radius 2 is 2.00 bits per heavy atom. The second-order valence-corrected chi connectivity index (χ2v) is 6.94. The van der Waals surface area contributed by atoms with Gasteiger partial charge in [-0.3, -0.25) is 0 Å². The first-order chi connectivity index (χ1) is 12.1. The van der Waals surface area contributed by atoms with Crippen molar-refractivity contribution in [3.63, 3.8) is 0 Å². The molecule has 0 saturated carbocycles. The number of phenolic OH excluding ortho intramolecular Hbond substituents is 1. The average Bonchev–Trinajstić information content (AvgIpc) is 2.57. The molecule has 0 fully saturated rings. The Balaban J connectivity index is 2.76. The summed E-state index contributed by atoms with van der Waals surface area (Å²) in [6, 6.07) is 6.24. The summed E-state index contributed by atoms with van der Waals surface area (Å²) in [5.74, 6) is -1.57. The summed E-state index contributed by atoms with van der Waals surface area (Å²) in [5.41, 5.74) is -0.344. The van der Waals surface area contributed by atoms with Gasteiger partial charge in [0, 0.05) is 16.3 Å². The number of halogens is 1. The zero-order chi connectivity index (χ0) is 19.6. The highest BCUT2D eigenvalue weighted by Gasteiger charge is 2.34. The molecule has 0 aromatic heterocycles.